The van der Waals surface area contributed by atoms with E-state index in [-0.39, 0.29) is 11.9 Å². The molecule has 0 radical (unpaired) electrons. The third kappa shape index (κ3) is 3.96. The second kappa shape index (κ2) is 8.35. The Bertz CT molecular complexity index is 1150. The number of carbonyl (C=O) groups excluding carboxylic acids is 1. The molecule has 1 fully saturated rings. The zero-order chi connectivity index (χ0) is 22.1. The molecule has 1 aliphatic rings. The summed E-state index contributed by atoms with van der Waals surface area (Å²) < 4.78 is 7.34. The van der Waals surface area contributed by atoms with Crippen LogP contribution in [0, 0.1) is 6.92 Å². The van der Waals surface area contributed by atoms with Crippen LogP contribution in [0.25, 0.3) is 22.3 Å². The first-order valence-electron chi connectivity index (χ1n) is 10.1. The lowest BCUT2D eigenvalue weighted by atomic mass is 10.1. The van der Waals surface area contributed by atoms with Crippen LogP contribution in [0.15, 0.2) is 36.7 Å². The topological polar surface area (TPSA) is 102 Å². The van der Waals surface area contributed by atoms with Crippen molar-refractivity contribution in [2.45, 2.75) is 13.0 Å². The van der Waals surface area contributed by atoms with Gasteiger partial charge in [0.05, 0.1) is 18.5 Å². The van der Waals surface area contributed by atoms with E-state index in [1.54, 1.807) is 18.1 Å². The number of carbonyl (C=O) groups is 1. The fourth-order valence-electron chi connectivity index (χ4n) is 3.68. The number of methoxy groups -OCH3 is 1. The summed E-state index contributed by atoms with van der Waals surface area (Å²) >= 11 is 0. The predicted molar refractivity (Wildman–Crippen MR) is 120 cm³/mol. The van der Waals surface area contributed by atoms with Crippen molar-refractivity contribution >= 4 is 22.8 Å². The van der Waals surface area contributed by atoms with Crippen molar-refractivity contribution in [3.05, 3.63) is 42.2 Å². The lowest BCUT2D eigenvalue weighted by Gasteiger charge is -2.38. The number of amides is 1. The summed E-state index contributed by atoms with van der Waals surface area (Å²) in [5.74, 6) is 1.16. The van der Waals surface area contributed by atoms with E-state index in [1.165, 1.54) is 6.33 Å². The first kappa shape index (κ1) is 20.8. The van der Waals surface area contributed by atoms with Crippen LogP contribution in [-0.4, -0.2) is 76.3 Å². The largest absolute Gasteiger partial charge is 0.496 e. The molecule has 31 heavy (non-hydrogen) atoms. The molecule has 0 spiro atoms. The number of nitrogens with zero attached hydrogens (tertiary/aromatic N) is 6. The molecule has 2 N–H and O–H groups in total. The summed E-state index contributed by atoms with van der Waals surface area (Å²) in [5, 5.41) is 5.55. The fraction of sp³-hybridized carbons (Fsp3) is 0.364. The number of ether oxygens (including phenoxy) is 1. The van der Waals surface area contributed by atoms with Crippen LogP contribution in [0.3, 0.4) is 0 Å². The molecule has 1 aromatic carbocycles. The molecule has 162 valence electrons. The lowest BCUT2D eigenvalue weighted by Crippen LogP contribution is -2.50. The standard InChI is InChI=1S/C22H27N7O2/c1-14-7-8-15(10-17(14)31-4)20-19-21(23)24-13-25-22(19)29(26-20)16-11-28(12-16)18(30)6-5-9-27(2)3/h5-8,10,13,16H,9,11-12H2,1-4H3,(H2,23,24,25)/b6-5+. The number of anilines is 1. The van der Waals surface area contributed by atoms with Crippen molar-refractivity contribution in [1.29, 1.82) is 0 Å². The summed E-state index contributed by atoms with van der Waals surface area (Å²) in [6.07, 6.45) is 4.94. The van der Waals surface area contributed by atoms with Gasteiger partial charge in [0, 0.05) is 31.3 Å². The second-order valence-corrected chi connectivity index (χ2v) is 8.00. The number of aryl methyl sites for hydroxylation is 1. The van der Waals surface area contributed by atoms with E-state index in [0.717, 1.165) is 23.4 Å². The van der Waals surface area contributed by atoms with Gasteiger partial charge in [-0.25, -0.2) is 14.6 Å². The van der Waals surface area contributed by atoms with E-state index in [1.807, 2.05) is 54.9 Å². The van der Waals surface area contributed by atoms with E-state index in [0.29, 0.717) is 35.6 Å². The Morgan fingerprint density at radius 3 is 2.81 bits per heavy atom. The highest BCUT2D eigenvalue weighted by atomic mass is 16.5. The number of likely N-dealkylation sites (tertiary alicyclic amines) is 1. The molecule has 0 aliphatic carbocycles. The van der Waals surface area contributed by atoms with Crippen LogP contribution in [0.2, 0.25) is 0 Å². The number of likely N-dealkylation sites (N-methyl/N-ethyl adjacent to an activating group) is 1. The quantitative estimate of drug-likeness (QED) is 0.606. The van der Waals surface area contributed by atoms with Crippen LogP contribution >= 0.6 is 0 Å². The molecule has 1 aliphatic heterocycles. The Hall–Kier alpha value is -3.46. The molecule has 0 saturated carbocycles. The molecular formula is C22H27N7O2. The first-order chi connectivity index (χ1) is 14.9. The number of aromatic nitrogens is 4. The molecule has 0 atom stereocenters. The second-order valence-electron chi connectivity index (χ2n) is 8.00. The summed E-state index contributed by atoms with van der Waals surface area (Å²) in [6.45, 7) is 3.86. The Labute approximate surface area is 181 Å². The molecule has 3 aromatic rings. The number of hydrogen-bond acceptors (Lipinski definition) is 7. The van der Waals surface area contributed by atoms with Crippen LogP contribution in [0.4, 0.5) is 5.82 Å². The zero-order valence-corrected chi connectivity index (χ0v) is 18.2. The number of hydrogen-bond donors (Lipinski definition) is 1. The van der Waals surface area contributed by atoms with Crippen molar-refractivity contribution in [3.63, 3.8) is 0 Å². The molecule has 0 bridgehead atoms. The maximum absolute atomic E-state index is 12.4. The van der Waals surface area contributed by atoms with E-state index in [9.17, 15) is 4.79 Å². The minimum atomic E-state index is 0.00666. The molecule has 0 unspecified atom stereocenters. The Morgan fingerprint density at radius 1 is 1.32 bits per heavy atom. The Balaban J connectivity index is 1.63. The fourth-order valence-corrected chi connectivity index (χ4v) is 3.68. The summed E-state index contributed by atoms with van der Waals surface area (Å²) in [5.41, 5.74) is 9.51. The molecule has 1 saturated heterocycles. The van der Waals surface area contributed by atoms with Gasteiger partial charge in [0.1, 0.15) is 23.6 Å². The molecule has 9 nitrogen and oxygen atoms in total. The average Bonchev–Trinajstić information content (AvgIpc) is 3.08. The van der Waals surface area contributed by atoms with E-state index in [4.69, 9.17) is 15.6 Å². The SMILES string of the molecule is COc1cc(-c2nn(C3CN(C(=O)/C=C/CN(C)C)C3)c3ncnc(N)c23)ccc1C. The first-order valence-corrected chi connectivity index (χ1v) is 10.1. The lowest BCUT2D eigenvalue weighted by molar-refractivity contribution is -0.131. The molecule has 1 amide bonds. The van der Waals surface area contributed by atoms with Crippen LogP contribution in [0.5, 0.6) is 5.75 Å². The summed E-state index contributed by atoms with van der Waals surface area (Å²) in [4.78, 5) is 24.8. The maximum atomic E-state index is 12.4. The van der Waals surface area contributed by atoms with E-state index < -0.39 is 0 Å². The zero-order valence-electron chi connectivity index (χ0n) is 18.2. The summed E-state index contributed by atoms with van der Waals surface area (Å²) in [7, 11) is 5.57. The van der Waals surface area contributed by atoms with Gasteiger partial charge < -0.3 is 20.3 Å². The third-order valence-electron chi connectivity index (χ3n) is 5.45. The minimum Gasteiger partial charge on any atom is -0.496 e. The molecule has 4 rings (SSSR count). The summed E-state index contributed by atoms with van der Waals surface area (Å²) in [6, 6.07) is 5.95. The van der Waals surface area contributed by atoms with Crippen molar-refractivity contribution in [2.24, 2.45) is 0 Å². The average molecular weight is 422 g/mol. The van der Waals surface area contributed by atoms with Crippen LogP contribution < -0.4 is 10.5 Å². The maximum Gasteiger partial charge on any atom is 0.246 e. The van der Waals surface area contributed by atoms with Crippen molar-refractivity contribution in [3.8, 4) is 17.0 Å². The van der Waals surface area contributed by atoms with Gasteiger partial charge in [0.2, 0.25) is 5.91 Å². The van der Waals surface area contributed by atoms with E-state index >= 15 is 0 Å². The highest BCUT2D eigenvalue weighted by Crippen LogP contribution is 2.35. The third-order valence-corrected chi connectivity index (χ3v) is 5.45. The number of fused-ring (bicyclic) bond motifs is 1. The van der Waals surface area contributed by atoms with Gasteiger partial charge in [0.25, 0.3) is 0 Å². The Morgan fingerprint density at radius 2 is 2.10 bits per heavy atom. The van der Waals surface area contributed by atoms with Gasteiger partial charge in [-0.15, -0.1) is 0 Å². The molecular weight excluding hydrogens is 394 g/mol. The van der Waals surface area contributed by atoms with Crippen LogP contribution in [0.1, 0.15) is 11.6 Å². The Kier molecular flexibility index (Phi) is 5.60. The molecule has 3 heterocycles. The number of nitrogens with two attached hydrogens (primary N) is 1. The van der Waals surface area contributed by atoms with Gasteiger partial charge in [-0.3, -0.25) is 4.79 Å². The number of nitrogen functional groups attached to an aromatic ring is 1. The smallest absolute Gasteiger partial charge is 0.246 e. The van der Waals surface area contributed by atoms with Gasteiger partial charge in [-0.1, -0.05) is 18.2 Å². The highest BCUT2D eigenvalue weighted by Gasteiger charge is 2.34. The van der Waals surface area contributed by atoms with E-state index in [2.05, 4.69) is 9.97 Å². The highest BCUT2D eigenvalue weighted by molar-refractivity contribution is 5.98. The normalized spacial score (nSPS) is 14.5. The van der Waals surface area contributed by atoms with Crippen molar-refractivity contribution in [1.82, 2.24) is 29.5 Å². The molecule has 9 heteroatoms. The van der Waals surface area contributed by atoms with Crippen molar-refractivity contribution in [2.75, 3.05) is 46.6 Å². The van der Waals surface area contributed by atoms with Gasteiger partial charge in [-0.05, 0) is 32.6 Å². The van der Waals surface area contributed by atoms with Crippen LogP contribution in [-0.2, 0) is 4.79 Å². The number of benzene rings is 1. The molecule has 2 aromatic heterocycles. The van der Waals surface area contributed by atoms with Gasteiger partial charge in [-0.2, -0.15) is 5.10 Å². The predicted octanol–water partition coefficient (Wildman–Crippen LogP) is 1.89. The monoisotopic (exact) mass is 421 g/mol. The van der Waals surface area contributed by atoms with Gasteiger partial charge in [0.15, 0.2) is 5.65 Å². The van der Waals surface area contributed by atoms with Crippen molar-refractivity contribution < 1.29 is 9.53 Å². The minimum absolute atomic E-state index is 0.00666. The number of rotatable bonds is 6. The van der Waals surface area contributed by atoms with Gasteiger partial charge >= 0.3 is 0 Å².